The van der Waals surface area contributed by atoms with Crippen LogP contribution in [0.1, 0.15) is 62.8 Å². The summed E-state index contributed by atoms with van der Waals surface area (Å²) >= 11 is 0. The summed E-state index contributed by atoms with van der Waals surface area (Å²) in [6.45, 7) is 5.27. The number of sulfonamides is 1. The van der Waals surface area contributed by atoms with E-state index >= 15 is 0 Å². The molecule has 0 radical (unpaired) electrons. The zero-order chi connectivity index (χ0) is 29.9. The molecule has 4 heterocycles. The lowest BCUT2D eigenvalue weighted by atomic mass is 9.92. The van der Waals surface area contributed by atoms with Gasteiger partial charge in [-0.25, -0.2) is 27.3 Å². The predicted molar refractivity (Wildman–Crippen MR) is 155 cm³/mol. The van der Waals surface area contributed by atoms with Crippen LogP contribution in [0, 0.1) is 12.3 Å². The number of halogens is 2. The second-order valence-electron chi connectivity index (χ2n) is 12.1. The summed E-state index contributed by atoms with van der Waals surface area (Å²) in [6, 6.07) is 8.80. The van der Waals surface area contributed by atoms with Crippen LogP contribution in [0.3, 0.4) is 0 Å². The van der Waals surface area contributed by atoms with E-state index < -0.39 is 27.3 Å². The molecule has 1 aliphatic carbocycles. The van der Waals surface area contributed by atoms with Crippen molar-refractivity contribution in [1.29, 1.82) is 0 Å². The Bertz CT molecular complexity index is 1570. The Labute approximate surface area is 244 Å². The topological polar surface area (TPSA) is 139 Å². The lowest BCUT2D eigenvalue weighted by molar-refractivity contribution is -0.0221. The first-order valence-electron chi connectivity index (χ1n) is 14.4. The van der Waals surface area contributed by atoms with E-state index in [1.54, 1.807) is 24.3 Å². The molecule has 1 spiro atoms. The Kier molecular flexibility index (Phi) is 7.25. The first-order valence-corrected chi connectivity index (χ1v) is 16.0. The molecular formula is C29H36F2N6O4S. The fraction of sp³-hybridized carbons (Fsp3) is 0.552. The SMILES string of the molecule is Cc1cc(-c2nnc(-c3ccc(C(O)C(C)S(N)(=O)=O)cc3N3CCC4(CC3)CC4)o2)cc(N2CCC(F)(F)CC2)n1. The van der Waals surface area contributed by atoms with Crippen LogP contribution in [0.4, 0.5) is 20.3 Å². The van der Waals surface area contributed by atoms with Crippen molar-refractivity contribution in [2.75, 3.05) is 36.0 Å². The molecule has 226 valence electrons. The van der Waals surface area contributed by atoms with Crippen LogP contribution in [0.15, 0.2) is 34.7 Å². The number of piperidine rings is 2. The molecule has 3 N–H and O–H groups in total. The number of aliphatic hydroxyl groups is 1. The zero-order valence-corrected chi connectivity index (χ0v) is 24.6. The van der Waals surface area contributed by atoms with Crippen molar-refractivity contribution in [3.05, 3.63) is 41.6 Å². The number of benzene rings is 1. The molecule has 42 heavy (non-hydrogen) atoms. The second kappa shape index (κ2) is 10.5. The van der Waals surface area contributed by atoms with Crippen LogP contribution >= 0.6 is 0 Å². The van der Waals surface area contributed by atoms with Crippen LogP contribution in [0.25, 0.3) is 22.9 Å². The molecule has 13 heteroatoms. The summed E-state index contributed by atoms with van der Waals surface area (Å²) in [5, 5.41) is 23.6. The monoisotopic (exact) mass is 602 g/mol. The number of primary sulfonamides is 1. The van der Waals surface area contributed by atoms with Crippen molar-refractivity contribution in [2.24, 2.45) is 10.6 Å². The van der Waals surface area contributed by atoms with Gasteiger partial charge in [-0.2, -0.15) is 0 Å². The number of pyridine rings is 1. The lowest BCUT2D eigenvalue weighted by Crippen LogP contribution is -2.39. The van der Waals surface area contributed by atoms with E-state index in [2.05, 4.69) is 20.1 Å². The number of hydrogen-bond acceptors (Lipinski definition) is 9. The van der Waals surface area contributed by atoms with Crippen molar-refractivity contribution >= 4 is 21.5 Å². The number of nitrogens with zero attached hydrogens (tertiary/aromatic N) is 5. The van der Waals surface area contributed by atoms with Gasteiger partial charge in [0, 0.05) is 56.0 Å². The summed E-state index contributed by atoms with van der Waals surface area (Å²) in [6.07, 6.45) is 2.87. The number of alkyl halides is 2. The molecule has 0 amide bonds. The summed E-state index contributed by atoms with van der Waals surface area (Å²) in [5.41, 5.74) is 3.66. The maximum Gasteiger partial charge on any atom is 0.251 e. The number of anilines is 2. The Morgan fingerprint density at radius 3 is 2.24 bits per heavy atom. The lowest BCUT2D eigenvalue weighted by Gasteiger charge is -2.35. The van der Waals surface area contributed by atoms with Crippen LogP contribution in [0.5, 0.6) is 0 Å². The number of hydrogen-bond donors (Lipinski definition) is 2. The van der Waals surface area contributed by atoms with Crippen molar-refractivity contribution in [3.63, 3.8) is 0 Å². The van der Waals surface area contributed by atoms with Crippen LogP contribution in [-0.4, -0.2) is 66.1 Å². The number of rotatable bonds is 7. The van der Waals surface area contributed by atoms with E-state index in [4.69, 9.17) is 9.56 Å². The van der Waals surface area contributed by atoms with Gasteiger partial charge in [0.15, 0.2) is 0 Å². The van der Waals surface area contributed by atoms with E-state index in [-0.39, 0.29) is 37.7 Å². The Balaban J connectivity index is 1.32. The van der Waals surface area contributed by atoms with Crippen molar-refractivity contribution in [1.82, 2.24) is 15.2 Å². The molecular weight excluding hydrogens is 566 g/mol. The highest BCUT2D eigenvalue weighted by molar-refractivity contribution is 7.89. The normalized spacial score (nSPS) is 21.4. The number of aliphatic hydroxyl groups excluding tert-OH is 1. The van der Waals surface area contributed by atoms with Gasteiger partial charge in [-0.1, -0.05) is 6.07 Å². The molecule has 2 atom stereocenters. The second-order valence-corrected chi connectivity index (χ2v) is 14.0. The van der Waals surface area contributed by atoms with E-state index in [9.17, 15) is 22.3 Å². The average molecular weight is 603 g/mol. The molecule has 0 bridgehead atoms. The molecule has 10 nitrogen and oxygen atoms in total. The fourth-order valence-electron chi connectivity index (χ4n) is 5.97. The highest BCUT2D eigenvalue weighted by Crippen LogP contribution is 2.54. The Morgan fingerprint density at radius 2 is 1.60 bits per heavy atom. The maximum absolute atomic E-state index is 13.7. The largest absolute Gasteiger partial charge is 0.416 e. The van der Waals surface area contributed by atoms with E-state index in [0.29, 0.717) is 33.6 Å². The minimum Gasteiger partial charge on any atom is -0.416 e. The van der Waals surface area contributed by atoms with Gasteiger partial charge in [0.2, 0.25) is 21.8 Å². The fourth-order valence-corrected chi connectivity index (χ4v) is 6.49. The molecule has 3 aliphatic rings. The highest BCUT2D eigenvalue weighted by atomic mass is 32.2. The third-order valence-electron chi connectivity index (χ3n) is 9.11. The summed E-state index contributed by atoms with van der Waals surface area (Å²) in [7, 11) is -3.96. The van der Waals surface area contributed by atoms with Crippen molar-refractivity contribution in [2.45, 2.75) is 69.6 Å². The van der Waals surface area contributed by atoms with Gasteiger partial charge in [0.05, 0.1) is 11.7 Å². The average Bonchev–Trinajstić information content (AvgIpc) is 3.51. The van der Waals surface area contributed by atoms with Gasteiger partial charge in [-0.15, -0.1) is 10.2 Å². The molecule has 3 fully saturated rings. The summed E-state index contributed by atoms with van der Waals surface area (Å²) < 4.78 is 57.5. The quantitative estimate of drug-likeness (QED) is 0.402. The first kappa shape index (κ1) is 28.9. The molecule has 2 aliphatic heterocycles. The highest BCUT2D eigenvalue weighted by Gasteiger charge is 2.45. The number of aromatic nitrogens is 3. The minimum atomic E-state index is -3.96. The summed E-state index contributed by atoms with van der Waals surface area (Å²) in [4.78, 5) is 8.62. The van der Waals surface area contributed by atoms with Crippen molar-refractivity contribution in [3.8, 4) is 22.9 Å². The molecule has 1 saturated carbocycles. The smallest absolute Gasteiger partial charge is 0.251 e. The van der Waals surface area contributed by atoms with Gasteiger partial charge in [0.25, 0.3) is 5.92 Å². The summed E-state index contributed by atoms with van der Waals surface area (Å²) in [5.74, 6) is -1.52. The van der Waals surface area contributed by atoms with E-state index in [0.717, 1.165) is 31.6 Å². The molecule has 3 aromatic rings. The van der Waals surface area contributed by atoms with Gasteiger partial charge in [-0.3, -0.25) is 0 Å². The van der Waals surface area contributed by atoms with Crippen LogP contribution in [-0.2, 0) is 10.0 Å². The third-order valence-corrected chi connectivity index (χ3v) is 10.4. The third kappa shape index (κ3) is 5.86. The Morgan fingerprint density at radius 1 is 0.952 bits per heavy atom. The van der Waals surface area contributed by atoms with Gasteiger partial charge < -0.3 is 19.3 Å². The molecule has 2 aromatic heterocycles. The molecule has 6 rings (SSSR count). The van der Waals surface area contributed by atoms with E-state index in [1.807, 2.05) is 17.9 Å². The standard InChI is InChI=1S/C29H36F2N6O4S/c1-18-15-21(17-24(33-18)37-13-9-29(30,31)10-14-37)26-34-35-27(41-26)22-4-3-20(25(38)19(2)42(32,39)40)16-23(22)36-11-7-28(5-6-28)8-12-36/h3-4,15-17,19,25,38H,5-14H2,1-2H3,(H2,32,39,40). The van der Waals surface area contributed by atoms with Crippen LogP contribution < -0.4 is 14.9 Å². The maximum atomic E-state index is 13.7. The predicted octanol–water partition coefficient (Wildman–Crippen LogP) is 4.43. The number of nitrogens with two attached hydrogens (primary N) is 1. The molecule has 1 aromatic carbocycles. The number of aryl methyl sites for hydroxylation is 1. The zero-order valence-electron chi connectivity index (χ0n) is 23.8. The minimum absolute atomic E-state index is 0.209. The van der Waals surface area contributed by atoms with Gasteiger partial charge in [-0.05, 0) is 74.8 Å². The van der Waals surface area contributed by atoms with E-state index in [1.165, 1.54) is 19.8 Å². The van der Waals surface area contributed by atoms with Gasteiger partial charge in [0.1, 0.15) is 11.1 Å². The Hall–Kier alpha value is -3.16. The molecule has 2 saturated heterocycles. The first-order chi connectivity index (χ1) is 19.8. The van der Waals surface area contributed by atoms with Crippen molar-refractivity contribution < 1.29 is 26.7 Å². The van der Waals surface area contributed by atoms with Gasteiger partial charge >= 0.3 is 0 Å². The van der Waals surface area contributed by atoms with Crippen LogP contribution in [0.2, 0.25) is 0 Å². The molecule has 2 unspecified atom stereocenters.